The number of aryl methyl sites for hydroxylation is 2. The van der Waals surface area contributed by atoms with E-state index in [2.05, 4.69) is 32.0 Å². The second-order valence-electron chi connectivity index (χ2n) is 4.41. The Morgan fingerprint density at radius 3 is 2.06 bits per heavy atom. The number of carbonyl (C=O) groups is 1. The zero-order valence-corrected chi connectivity index (χ0v) is 11.7. The van der Waals surface area contributed by atoms with Gasteiger partial charge < -0.3 is 0 Å². The van der Waals surface area contributed by atoms with E-state index in [4.69, 9.17) is 11.6 Å². The van der Waals surface area contributed by atoms with Crippen LogP contribution < -0.4 is 0 Å². The fraction of sp³-hybridized carbons (Fsp3) is 0.462. The molecule has 1 nitrogen and oxygen atoms in total. The molecule has 0 saturated carbocycles. The third-order valence-electron chi connectivity index (χ3n) is 2.29. The van der Waals surface area contributed by atoms with E-state index < -0.39 is 0 Å². The Hall–Kier alpha value is -0.470. The molecule has 88 valence electrons. The summed E-state index contributed by atoms with van der Waals surface area (Å²) in [5, 5.41) is -0.429. The molecule has 3 heteroatoms. The van der Waals surface area contributed by atoms with Crippen LogP contribution in [0.5, 0.6) is 0 Å². The van der Waals surface area contributed by atoms with Gasteiger partial charge in [0.1, 0.15) is 0 Å². The Balaban J connectivity index is 2.89. The predicted octanol–water partition coefficient (Wildman–Crippen LogP) is 4.19. The SMILES string of the molecule is Cc1cc(C)cc(SC(C(=O)Cl)C(C)C)c1. The van der Waals surface area contributed by atoms with Crippen LogP contribution in [-0.2, 0) is 4.79 Å². The molecule has 0 fully saturated rings. The molecular weight excluding hydrogens is 240 g/mol. The largest absolute Gasteiger partial charge is 0.280 e. The van der Waals surface area contributed by atoms with Gasteiger partial charge in [0.05, 0.1) is 5.25 Å². The number of hydrogen-bond donors (Lipinski definition) is 0. The average molecular weight is 257 g/mol. The monoisotopic (exact) mass is 256 g/mol. The lowest BCUT2D eigenvalue weighted by molar-refractivity contribution is -0.111. The van der Waals surface area contributed by atoms with Gasteiger partial charge in [-0.25, -0.2) is 0 Å². The Labute approximate surface area is 107 Å². The van der Waals surface area contributed by atoms with Gasteiger partial charge in [-0.3, -0.25) is 4.79 Å². The van der Waals surface area contributed by atoms with Crippen molar-refractivity contribution >= 4 is 28.6 Å². The van der Waals surface area contributed by atoms with Crippen LogP contribution in [0.3, 0.4) is 0 Å². The number of benzene rings is 1. The molecule has 0 N–H and O–H groups in total. The van der Waals surface area contributed by atoms with E-state index >= 15 is 0 Å². The molecule has 1 aromatic carbocycles. The van der Waals surface area contributed by atoms with Gasteiger partial charge in [-0.2, -0.15) is 0 Å². The van der Waals surface area contributed by atoms with Crippen LogP contribution in [0.25, 0.3) is 0 Å². The summed E-state index contributed by atoms with van der Waals surface area (Å²) in [5.74, 6) is 0.246. The number of hydrogen-bond acceptors (Lipinski definition) is 2. The minimum absolute atomic E-state index is 0.164. The predicted molar refractivity (Wildman–Crippen MR) is 71.3 cm³/mol. The molecule has 1 unspecified atom stereocenters. The molecule has 16 heavy (non-hydrogen) atoms. The second kappa shape index (κ2) is 5.74. The van der Waals surface area contributed by atoms with Crippen molar-refractivity contribution in [1.29, 1.82) is 0 Å². The van der Waals surface area contributed by atoms with Gasteiger partial charge in [0.25, 0.3) is 0 Å². The zero-order valence-electron chi connectivity index (χ0n) is 10.1. The van der Waals surface area contributed by atoms with E-state index in [0.29, 0.717) is 0 Å². The van der Waals surface area contributed by atoms with E-state index in [1.807, 2.05) is 13.8 Å². The molecule has 1 rings (SSSR count). The van der Waals surface area contributed by atoms with Crippen LogP contribution in [0.4, 0.5) is 0 Å². The maximum absolute atomic E-state index is 11.3. The van der Waals surface area contributed by atoms with Gasteiger partial charge in [-0.1, -0.05) is 19.9 Å². The van der Waals surface area contributed by atoms with Gasteiger partial charge in [0, 0.05) is 4.90 Å². The van der Waals surface area contributed by atoms with E-state index in [1.54, 1.807) is 11.8 Å². The molecule has 0 bridgehead atoms. The molecule has 1 atom stereocenters. The van der Waals surface area contributed by atoms with Gasteiger partial charge in [-0.05, 0) is 54.6 Å². The van der Waals surface area contributed by atoms with Crippen molar-refractivity contribution in [1.82, 2.24) is 0 Å². The third kappa shape index (κ3) is 3.84. The number of rotatable bonds is 4. The van der Waals surface area contributed by atoms with Crippen molar-refractivity contribution in [2.75, 3.05) is 0 Å². The maximum atomic E-state index is 11.3. The summed E-state index contributed by atoms with van der Waals surface area (Å²) in [6, 6.07) is 6.30. The summed E-state index contributed by atoms with van der Waals surface area (Å²) in [5.41, 5.74) is 2.43. The molecule has 1 aromatic rings. The zero-order chi connectivity index (χ0) is 12.3. The number of carbonyl (C=O) groups excluding carboxylic acids is 1. The summed E-state index contributed by atoms with van der Waals surface area (Å²) in [4.78, 5) is 12.4. The van der Waals surface area contributed by atoms with Crippen LogP contribution >= 0.6 is 23.4 Å². The third-order valence-corrected chi connectivity index (χ3v) is 4.17. The Kier molecular flexibility index (Phi) is 4.88. The quantitative estimate of drug-likeness (QED) is 0.594. The molecule has 0 aliphatic rings. The van der Waals surface area contributed by atoms with E-state index in [9.17, 15) is 4.79 Å². The number of halogens is 1. The van der Waals surface area contributed by atoms with E-state index in [1.165, 1.54) is 11.1 Å². The molecule has 0 spiro atoms. The highest BCUT2D eigenvalue weighted by molar-refractivity contribution is 8.00. The first-order valence-corrected chi connectivity index (χ1v) is 6.60. The fourth-order valence-electron chi connectivity index (χ4n) is 1.59. The lowest BCUT2D eigenvalue weighted by Crippen LogP contribution is -2.18. The topological polar surface area (TPSA) is 17.1 Å². The molecule has 0 radical (unpaired) electrons. The van der Waals surface area contributed by atoms with Gasteiger partial charge in [0.2, 0.25) is 5.24 Å². The Bertz CT molecular complexity index is 367. The van der Waals surface area contributed by atoms with Crippen LogP contribution in [0, 0.1) is 19.8 Å². The number of thioether (sulfide) groups is 1. The Morgan fingerprint density at radius 2 is 1.69 bits per heavy atom. The normalized spacial score (nSPS) is 12.9. The molecule has 0 aromatic heterocycles. The lowest BCUT2D eigenvalue weighted by atomic mass is 10.1. The summed E-state index contributed by atoms with van der Waals surface area (Å²) in [6.07, 6.45) is 0. The Morgan fingerprint density at radius 1 is 1.19 bits per heavy atom. The first-order chi connectivity index (χ1) is 7.40. The van der Waals surface area contributed by atoms with Crippen molar-refractivity contribution in [3.8, 4) is 0 Å². The lowest BCUT2D eigenvalue weighted by Gasteiger charge is -2.16. The minimum Gasteiger partial charge on any atom is -0.280 e. The van der Waals surface area contributed by atoms with E-state index in [0.717, 1.165) is 4.90 Å². The minimum atomic E-state index is -0.265. The first-order valence-electron chi connectivity index (χ1n) is 5.34. The average Bonchev–Trinajstić information content (AvgIpc) is 2.11. The molecule has 0 saturated heterocycles. The van der Waals surface area contributed by atoms with Crippen molar-refractivity contribution in [2.24, 2.45) is 5.92 Å². The van der Waals surface area contributed by atoms with Crippen molar-refractivity contribution in [3.05, 3.63) is 29.3 Å². The highest BCUT2D eigenvalue weighted by Crippen LogP contribution is 2.30. The molecule has 0 aliphatic heterocycles. The van der Waals surface area contributed by atoms with Gasteiger partial charge in [0.15, 0.2) is 0 Å². The summed E-state index contributed by atoms with van der Waals surface area (Å²) in [7, 11) is 0. The highest BCUT2D eigenvalue weighted by Gasteiger charge is 2.21. The maximum Gasteiger partial charge on any atom is 0.235 e. The summed E-state index contributed by atoms with van der Waals surface area (Å²) in [6.45, 7) is 8.15. The van der Waals surface area contributed by atoms with E-state index in [-0.39, 0.29) is 16.4 Å². The van der Waals surface area contributed by atoms with Gasteiger partial charge in [-0.15, -0.1) is 11.8 Å². The van der Waals surface area contributed by atoms with Crippen molar-refractivity contribution < 1.29 is 4.79 Å². The molecule has 0 amide bonds. The molecule has 0 heterocycles. The highest BCUT2D eigenvalue weighted by atomic mass is 35.5. The molecule has 0 aliphatic carbocycles. The van der Waals surface area contributed by atoms with Crippen LogP contribution in [-0.4, -0.2) is 10.5 Å². The fourth-order valence-corrected chi connectivity index (χ4v) is 3.14. The van der Waals surface area contributed by atoms with Crippen LogP contribution in [0.15, 0.2) is 23.1 Å². The van der Waals surface area contributed by atoms with Crippen LogP contribution in [0.1, 0.15) is 25.0 Å². The van der Waals surface area contributed by atoms with Gasteiger partial charge >= 0.3 is 0 Å². The standard InChI is InChI=1S/C13H17ClOS/c1-8(2)12(13(14)15)16-11-6-9(3)5-10(4)7-11/h5-8,12H,1-4H3. The smallest absolute Gasteiger partial charge is 0.235 e. The summed E-state index contributed by atoms with van der Waals surface area (Å²) >= 11 is 7.16. The first kappa shape index (κ1) is 13.6. The van der Waals surface area contributed by atoms with Crippen LogP contribution in [0.2, 0.25) is 0 Å². The molecular formula is C13H17ClOS. The summed E-state index contributed by atoms with van der Waals surface area (Å²) < 4.78 is 0. The van der Waals surface area contributed by atoms with Crippen molar-refractivity contribution in [2.45, 2.75) is 37.8 Å². The second-order valence-corrected chi connectivity index (χ2v) is 6.00. The van der Waals surface area contributed by atoms with Crippen molar-refractivity contribution in [3.63, 3.8) is 0 Å².